The van der Waals surface area contributed by atoms with E-state index in [9.17, 15) is 19.7 Å². The minimum Gasteiger partial charge on any atom is -0.421 e. The van der Waals surface area contributed by atoms with Crippen molar-refractivity contribution in [1.29, 1.82) is 0 Å². The van der Waals surface area contributed by atoms with Crippen molar-refractivity contribution < 1.29 is 19.2 Å². The van der Waals surface area contributed by atoms with E-state index in [1.807, 2.05) is 0 Å². The number of nitrogens with zero attached hydrogens (tertiary/aromatic N) is 1. The lowest BCUT2D eigenvalue weighted by atomic mass is 10.2. The molecule has 0 fully saturated rings. The number of benzene rings is 2. The third-order valence-corrected chi connectivity index (χ3v) is 3.19. The molecular formula is C14H8BrNO5. The Bertz CT molecular complexity index is 715. The van der Waals surface area contributed by atoms with Crippen LogP contribution >= 0.6 is 15.9 Å². The first kappa shape index (κ1) is 14.9. The van der Waals surface area contributed by atoms with Gasteiger partial charge >= 0.3 is 5.97 Å². The highest BCUT2D eigenvalue weighted by atomic mass is 79.9. The van der Waals surface area contributed by atoms with Gasteiger partial charge in [0.05, 0.1) is 20.5 Å². The van der Waals surface area contributed by atoms with Crippen LogP contribution in [0.2, 0.25) is 0 Å². The van der Waals surface area contributed by atoms with Gasteiger partial charge in [-0.15, -0.1) is 0 Å². The molecular weight excluding hydrogens is 342 g/mol. The zero-order chi connectivity index (χ0) is 15.4. The highest BCUT2D eigenvalue weighted by Crippen LogP contribution is 2.33. The number of non-ortho nitro benzene ring substituents is 1. The Hall–Kier alpha value is -2.54. The maximum atomic E-state index is 12.0. The van der Waals surface area contributed by atoms with E-state index in [1.54, 1.807) is 30.3 Å². The lowest BCUT2D eigenvalue weighted by molar-refractivity contribution is -0.385. The summed E-state index contributed by atoms with van der Waals surface area (Å²) in [7, 11) is 0. The lowest BCUT2D eigenvalue weighted by Crippen LogP contribution is -2.10. The number of hydrogen-bond donors (Lipinski definition) is 0. The van der Waals surface area contributed by atoms with Crippen LogP contribution in [0.5, 0.6) is 5.75 Å². The van der Waals surface area contributed by atoms with Crippen LogP contribution in [0.25, 0.3) is 0 Å². The number of carbonyl (C=O) groups is 2. The lowest BCUT2D eigenvalue weighted by Gasteiger charge is -2.08. The molecule has 0 aliphatic rings. The molecule has 0 amide bonds. The molecule has 21 heavy (non-hydrogen) atoms. The fourth-order valence-corrected chi connectivity index (χ4v) is 2.17. The van der Waals surface area contributed by atoms with Crippen molar-refractivity contribution in [2.24, 2.45) is 0 Å². The summed E-state index contributed by atoms with van der Waals surface area (Å²) < 4.78 is 5.30. The van der Waals surface area contributed by atoms with Gasteiger partial charge in [0.25, 0.3) is 5.69 Å². The van der Waals surface area contributed by atoms with Crippen LogP contribution in [0.1, 0.15) is 20.7 Å². The summed E-state index contributed by atoms with van der Waals surface area (Å²) in [6.07, 6.45) is 0.394. The molecule has 0 radical (unpaired) electrons. The average molecular weight is 350 g/mol. The second kappa shape index (κ2) is 6.27. The molecule has 6 nitrogen and oxygen atoms in total. The molecule has 2 aromatic carbocycles. The molecule has 106 valence electrons. The number of nitro groups is 1. The summed E-state index contributed by atoms with van der Waals surface area (Å²) in [6.45, 7) is 0. The Morgan fingerprint density at radius 1 is 1.24 bits per heavy atom. The van der Waals surface area contributed by atoms with Gasteiger partial charge in [-0.2, -0.15) is 0 Å². The van der Waals surface area contributed by atoms with Gasteiger partial charge in [0.15, 0.2) is 12.0 Å². The average Bonchev–Trinajstić information content (AvgIpc) is 2.49. The number of halogens is 1. The Morgan fingerprint density at radius 3 is 2.48 bits per heavy atom. The largest absolute Gasteiger partial charge is 0.421 e. The molecule has 0 aromatic heterocycles. The van der Waals surface area contributed by atoms with Crippen LogP contribution in [-0.4, -0.2) is 17.2 Å². The number of hydrogen-bond acceptors (Lipinski definition) is 5. The molecule has 0 heterocycles. The minimum absolute atomic E-state index is 0.0514. The standard InChI is InChI=1S/C14H8BrNO5/c15-12-7-11(16(19)20)6-10(8-17)13(12)21-14(18)9-4-2-1-3-5-9/h1-8H. The second-order valence-corrected chi connectivity index (χ2v) is 4.83. The third-order valence-electron chi connectivity index (χ3n) is 2.60. The molecule has 7 heteroatoms. The van der Waals surface area contributed by atoms with E-state index in [1.165, 1.54) is 6.07 Å². The fraction of sp³-hybridized carbons (Fsp3) is 0. The highest BCUT2D eigenvalue weighted by Gasteiger charge is 2.19. The van der Waals surface area contributed by atoms with Crippen LogP contribution in [-0.2, 0) is 0 Å². The Balaban J connectivity index is 2.38. The molecule has 0 unspecified atom stereocenters. The number of rotatable bonds is 4. The molecule has 0 bridgehead atoms. The molecule has 0 aliphatic heterocycles. The molecule has 0 spiro atoms. The summed E-state index contributed by atoms with van der Waals surface area (Å²) in [6, 6.07) is 10.4. The number of aldehydes is 1. The van der Waals surface area contributed by atoms with E-state index in [0.29, 0.717) is 11.8 Å². The van der Waals surface area contributed by atoms with Gasteiger partial charge < -0.3 is 4.74 Å². The predicted octanol–water partition coefficient (Wildman–Crippen LogP) is 3.39. The van der Waals surface area contributed by atoms with E-state index < -0.39 is 10.9 Å². The van der Waals surface area contributed by atoms with Crippen LogP contribution in [0, 0.1) is 10.1 Å². The van der Waals surface area contributed by atoms with Gasteiger partial charge in [-0.1, -0.05) is 18.2 Å². The summed E-state index contributed by atoms with van der Waals surface area (Å²) >= 11 is 3.07. The molecule has 0 saturated heterocycles. The number of carbonyl (C=O) groups excluding carboxylic acids is 2. The van der Waals surface area contributed by atoms with Crippen LogP contribution in [0.3, 0.4) is 0 Å². The zero-order valence-electron chi connectivity index (χ0n) is 10.5. The second-order valence-electron chi connectivity index (χ2n) is 3.98. The molecule has 0 saturated carbocycles. The van der Waals surface area contributed by atoms with Crippen molar-refractivity contribution in [3.63, 3.8) is 0 Å². The van der Waals surface area contributed by atoms with Crippen molar-refractivity contribution in [3.8, 4) is 5.75 Å². The van der Waals surface area contributed by atoms with Gasteiger partial charge in [-0.3, -0.25) is 14.9 Å². The van der Waals surface area contributed by atoms with Gasteiger partial charge in [0.1, 0.15) is 0 Å². The summed E-state index contributed by atoms with van der Waals surface area (Å²) in [5, 5.41) is 10.7. The van der Waals surface area contributed by atoms with Crippen molar-refractivity contribution in [2.45, 2.75) is 0 Å². The van der Waals surface area contributed by atoms with Crippen LogP contribution in [0.15, 0.2) is 46.9 Å². The minimum atomic E-state index is -0.659. The first-order valence-electron chi connectivity index (χ1n) is 5.73. The smallest absolute Gasteiger partial charge is 0.343 e. The van der Waals surface area contributed by atoms with Crippen molar-refractivity contribution >= 4 is 33.9 Å². The number of nitro benzene ring substituents is 1. The van der Waals surface area contributed by atoms with Gasteiger partial charge in [0.2, 0.25) is 0 Å². The van der Waals surface area contributed by atoms with Crippen LogP contribution in [0.4, 0.5) is 5.69 Å². The van der Waals surface area contributed by atoms with E-state index >= 15 is 0 Å². The SMILES string of the molecule is O=Cc1cc([N+](=O)[O-])cc(Br)c1OC(=O)c1ccccc1. The first-order valence-corrected chi connectivity index (χ1v) is 6.52. The number of esters is 1. The third kappa shape index (κ3) is 3.32. The van der Waals surface area contributed by atoms with Gasteiger partial charge in [0, 0.05) is 12.1 Å². The van der Waals surface area contributed by atoms with Gasteiger partial charge in [-0.05, 0) is 28.1 Å². The Labute approximate surface area is 127 Å². The van der Waals surface area contributed by atoms with E-state index in [-0.39, 0.29) is 21.5 Å². The highest BCUT2D eigenvalue weighted by molar-refractivity contribution is 9.10. The van der Waals surface area contributed by atoms with Crippen molar-refractivity contribution in [3.05, 3.63) is 68.2 Å². The molecule has 0 aliphatic carbocycles. The van der Waals surface area contributed by atoms with Crippen molar-refractivity contribution in [1.82, 2.24) is 0 Å². The predicted molar refractivity (Wildman–Crippen MR) is 77.6 cm³/mol. The molecule has 0 N–H and O–H groups in total. The maximum absolute atomic E-state index is 12.0. The van der Waals surface area contributed by atoms with E-state index in [2.05, 4.69) is 15.9 Å². The summed E-state index contributed by atoms with van der Waals surface area (Å²) in [5.74, 6) is -0.710. The quantitative estimate of drug-likeness (QED) is 0.277. The monoisotopic (exact) mass is 349 g/mol. The molecule has 2 aromatic rings. The maximum Gasteiger partial charge on any atom is 0.343 e. The van der Waals surface area contributed by atoms with E-state index in [0.717, 1.165) is 6.07 Å². The number of ether oxygens (including phenoxy) is 1. The zero-order valence-corrected chi connectivity index (χ0v) is 12.1. The van der Waals surface area contributed by atoms with Crippen molar-refractivity contribution in [2.75, 3.05) is 0 Å². The Kier molecular flexibility index (Phi) is 4.44. The molecule has 2 rings (SSSR count). The molecule has 0 atom stereocenters. The van der Waals surface area contributed by atoms with Crippen LogP contribution < -0.4 is 4.74 Å². The Morgan fingerprint density at radius 2 is 1.90 bits per heavy atom. The first-order chi connectivity index (χ1) is 10.0. The van der Waals surface area contributed by atoms with Gasteiger partial charge in [-0.25, -0.2) is 4.79 Å². The fourth-order valence-electron chi connectivity index (χ4n) is 1.63. The normalized spacial score (nSPS) is 9.95. The topological polar surface area (TPSA) is 86.5 Å². The summed E-state index contributed by atoms with van der Waals surface area (Å²) in [4.78, 5) is 33.1. The summed E-state index contributed by atoms with van der Waals surface area (Å²) in [5.41, 5.74) is -0.0524. The van der Waals surface area contributed by atoms with E-state index in [4.69, 9.17) is 4.74 Å².